The maximum atomic E-state index is 13.1. The highest BCUT2D eigenvalue weighted by Gasteiger charge is 2.29. The number of nitrogens with zero attached hydrogens (tertiary/aromatic N) is 2. The van der Waals surface area contributed by atoms with Gasteiger partial charge in [-0.3, -0.25) is 0 Å². The highest BCUT2D eigenvalue weighted by Crippen LogP contribution is 2.44. The first-order valence-corrected chi connectivity index (χ1v) is 11.3. The second kappa shape index (κ2) is 8.94. The fraction of sp³-hybridized carbons (Fsp3) is 0.214. The summed E-state index contributed by atoms with van der Waals surface area (Å²) in [6, 6.07) is 24.6. The predicted molar refractivity (Wildman–Crippen MR) is 129 cm³/mol. The molecule has 166 valence electrons. The Hall–Kier alpha value is -3.86. The largest absolute Gasteiger partial charge is 0.448 e. The lowest BCUT2D eigenvalue weighted by molar-refractivity contribution is -0.108. The summed E-state index contributed by atoms with van der Waals surface area (Å²) in [5.41, 5.74) is 6.82. The third-order valence-corrected chi connectivity index (χ3v) is 6.48. The van der Waals surface area contributed by atoms with Crippen molar-refractivity contribution < 1.29 is 14.3 Å². The van der Waals surface area contributed by atoms with Crippen LogP contribution in [0.25, 0.3) is 22.0 Å². The van der Waals surface area contributed by atoms with Gasteiger partial charge in [0.2, 0.25) is 0 Å². The number of rotatable bonds is 7. The summed E-state index contributed by atoms with van der Waals surface area (Å²) in [7, 11) is 0. The van der Waals surface area contributed by atoms with Gasteiger partial charge in [-0.15, -0.1) is 0 Å². The molecule has 4 aromatic rings. The van der Waals surface area contributed by atoms with Crippen molar-refractivity contribution in [2.45, 2.75) is 25.9 Å². The van der Waals surface area contributed by atoms with Crippen LogP contribution in [0.3, 0.4) is 0 Å². The summed E-state index contributed by atoms with van der Waals surface area (Å²) >= 11 is 0. The van der Waals surface area contributed by atoms with Crippen LogP contribution in [0, 0.1) is 0 Å². The van der Waals surface area contributed by atoms with E-state index < -0.39 is 0 Å². The van der Waals surface area contributed by atoms with Gasteiger partial charge >= 0.3 is 6.09 Å². The van der Waals surface area contributed by atoms with Crippen molar-refractivity contribution in [3.63, 3.8) is 0 Å². The Kier molecular flexibility index (Phi) is 5.69. The Labute approximate surface area is 193 Å². The number of amides is 1. The second-order valence-electron chi connectivity index (χ2n) is 8.31. The first-order valence-electron chi connectivity index (χ1n) is 11.3. The lowest BCUT2D eigenvalue weighted by Crippen LogP contribution is -2.31. The molecule has 0 saturated carbocycles. The summed E-state index contributed by atoms with van der Waals surface area (Å²) in [5, 5.41) is 1.05. The molecule has 33 heavy (non-hydrogen) atoms. The molecule has 5 nitrogen and oxygen atoms in total. The first kappa shape index (κ1) is 21.0. The highest BCUT2D eigenvalue weighted by atomic mass is 16.6. The molecule has 0 atom stereocenters. The molecule has 0 fully saturated rings. The van der Waals surface area contributed by atoms with Crippen molar-refractivity contribution in [2.24, 2.45) is 0 Å². The van der Waals surface area contributed by atoms with Crippen LogP contribution in [0.1, 0.15) is 29.5 Å². The number of fused-ring (bicyclic) bond motifs is 4. The molecule has 0 radical (unpaired) electrons. The molecule has 1 heterocycles. The zero-order chi connectivity index (χ0) is 22.8. The van der Waals surface area contributed by atoms with Gasteiger partial charge in [-0.05, 0) is 40.8 Å². The van der Waals surface area contributed by atoms with Crippen molar-refractivity contribution in [3.05, 3.63) is 95.7 Å². The number of aldehydes is 1. The molecule has 1 aromatic heterocycles. The summed E-state index contributed by atoms with van der Waals surface area (Å²) in [6.45, 7) is 3.50. The van der Waals surface area contributed by atoms with E-state index in [9.17, 15) is 9.59 Å². The van der Waals surface area contributed by atoms with Crippen LogP contribution in [0.15, 0.2) is 79.0 Å². The minimum absolute atomic E-state index is 0.0366. The lowest BCUT2D eigenvalue weighted by atomic mass is 9.98. The fourth-order valence-corrected chi connectivity index (χ4v) is 4.88. The van der Waals surface area contributed by atoms with Gasteiger partial charge in [-0.1, -0.05) is 66.7 Å². The van der Waals surface area contributed by atoms with Gasteiger partial charge in [0, 0.05) is 29.6 Å². The minimum atomic E-state index is -0.327. The number of carbonyl (C=O) groups excluding carboxylic acids is 2. The third-order valence-electron chi connectivity index (χ3n) is 6.48. The summed E-state index contributed by atoms with van der Waals surface area (Å²) < 4.78 is 7.78. The molecule has 0 spiro atoms. The first-order chi connectivity index (χ1) is 16.2. The molecule has 5 heteroatoms. The third kappa shape index (κ3) is 3.80. The lowest BCUT2D eigenvalue weighted by Gasteiger charge is -2.22. The van der Waals surface area contributed by atoms with Crippen LogP contribution < -0.4 is 0 Å². The van der Waals surface area contributed by atoms with E-state index in [0.717, 1.165) is 22.8 Å². The average molecular weight is 439 g/mol. The van der Waals surface area contributed by atoms with E-state index >= 15 is 0 Å². The van der Waals surface area contributed by atoms with Crippen molar-refractivity contribution in [1.29, 1.82) is 0 Å². The Bertz CT molecular complexity index is 1280. The predicted octanol–water partition coefficient (Wildman–Crippen LogP) is 5.61. The van der Waals surface area contributed by atoms with E-state index in [2.05, 4.69) is 24.3 Å². The number of aromatic nitrogens is 1. The fourth-order valence-electron chi connectivity index (χ4n) is 4.88. The number of hydrogen-bond donors (Lipinski definition) is 0. The van der Waals surface area contributed by atoms with E-state index in [-0.39, 0.29) is 18.6 Å². The summed E-state index contributed by atoms with van der Waals surface area (Å²) in [5.74, 6) is 0.0366. The molecule has 0 unspecified atom stereocenters. The molecule has 1 aliphatic rings. The quantitative estimate of drug-likeness (QED) is 0.352. The number of ether oxygens (including phenoxy) is 1. The average Bonchev–Trinajstić information content (AvgIpc) is 3.37. The van der Waals surface area contributed by atoms with Gasteiger partial charge in [0.15, 0.2) is 0 Å². The van der Waals surface area contributed by atoms with Crippen molar-refractivity contribution in [3.8, 4) is 11.1 Å². The number of carbonyl (C=O) groups is 2. The molecule has 1 amide bonds. The van der Waals surface area contributed by atoms with Crippen molar-refractivity contribution in [1.82, 2.24) is 9.47 Å². The highest BCUT2D eigenvalue weighted by molar-refractivity contribution is 5.85. The Morgan fingerprint density at radius 1 is 0.970 bits per heavy atom. The second-order valence-corrected chi connectivity index (χ2v) is 8.31. The monoisotopic (exact) mass is 438 g/mol. The summed E-state index contributed by atoms with van der Waals surface area (Å²) in [4.78, 5) is 25.9. The zero-order valence-electron chi connectivity index (χ0n) is 18.6. The van der Waals surface area contributed by atoms with Gasteiger partial charge in [0.05, 0.1) is 13.1 Å². The van der Waals surface area contributed by atoms with Crippen LogP contribution in [-0.4, -0.2) is 35.0 Å². The van der Waals surface area contributed by atoms with E-state index in [4.69, 9.17) is 4.74 Å². The molecular weight excluding hydrogens is 412 g/mol. The maximum absolute atomic E-state index is 13.1. The molecule has 3 aromatic carbocycles. The molecule has 0 aliphatic heterocycles. The van der Waals surface area contributed by atoms with Crippen LogP contribution in [0.2, 0.25) is 0 Å². The van der Waals surface area contributed by atoms with Gasteiger partial charge in [-0.2, -0.15) is 0 Å². The molecule has 0 saturated heterocycles. The normalized spacial score (nSPS) is 12.4. The van der Waals surface area contributed by atoms with Crippen LogP contribution in [0.5, 0.6) is 0 Å². The molecule has 0 N–H and O–H groups in total. The van der Waals surface area contributed by atoms with Crippen LogP contribution >= 0.6 is 0 Å². The maximum Gasteiger partial charge on any atom is 0.410 e. The van der Waals surface area contributed by atoms with Crippen molar-refractivity contribution in [2.75, 3.05) is 13.2 Å². The van der Waals surface area contributed by atoms with E-state index in [1.165, 1.54) is 22.3 Å². The molecular formula is C28H26N2O3. The summed E-state index contributed by atoms with van der Waals surface area (Å²) in [6.07, 6.45) is 2.52. The standard InChI is InChI=1S/C28H26N2O3/c1-2-29(17-20-18-30(15-16-31)27-14-8-7-9-21(20)27)28(32)33-19-26-24-12-5-3-10-22(24)23-11-4-6-13-25(23)26/h3-14,16,18,26H,2,15,17,19H2,1H3. The number of para-hydroxylation sites is 1. The molecule has 1 aliphatic carbocycles. The topological polar surface area (TPSA) is 51.5 Å². The molecule has 0 bridgehead atoms. The van der Waals surface area contributed by atoms with E-state index in [1.54, 1.807) is 4.90 Å². The minimum Gasteiger partial charge on any atom is -0.448 e. The number of benzene rings is 3. The number of hydrogen-bond acceptors (Lipinski definition) is 3. The van der Waals surface area contributed by atoms with Gasteiger partial charge in [0.1, 0.15) is 12.9 Å². The van der Waals surface area contributed by atoms with Crippen LogP contribution in [0.4, 0.5) is 4.79 Å². The Morgan fingerprint density at radius 2 is 1.61 bits per heavy atom. The van der Waals surface area contributed by atoms with Gasteiger partial charge < -0.3 is 19.0 Å². The van der Waals surface area contributed by atoms with Crippen molar-refractivity contribution >= 4 is 23.3 Å². The van der Waals surface area contributed by atoms with Crippen LogP contribution in [-0.2, 0) is 22.6 Å². The Morgan fingerprint density at radius 3 is 2.27 bits per heavy atom. The van der Waals surface area contributed by atoms with Gasteiger partial charge in [-0.25, -0.2) is 4.79 Å². The Balaban J connectivity index is 1.34. The van der Waals surface area contributed by atoms with Gasteiger partial charge in [0.25, 0.3) is 0 Å². The van der Waals surface area contributed by atoms with E-state index in [0.29, 0.717) is 19.7 Å². The smallest absolute Gasteiger partial charge is 0.410 e. The van der Waals surface area contributed by atoms with E-state index in [1.807, 2.05) is 66.2 Å². The zero-order valence-corrected chi connectivity index (χ0v) is 18.6. The SMILES string of the molecule is CCN(Cc1cn(CC=O)c2ccccc12)C(=O)OCC1c2ccccc2-c2ccccc21. The molecule has 5 rings (SSSR count).